The summed E-state index contributed by atoms with van der Waals surface area (Å²) in [5, 5.41) is 10.2. The SMILES string of the molecule is COC1(CC(O)c2cncc(C)c2)CCC1. The number of aryl methyl sites for hydroxylation is 1. The molecule has 1 atom stereocenters. The number of aliphatic hydroxyl groups excluding tert-OH is 1. The summed E-state index contributed by atoms with van der Waals surface area (Å²) >= 11 is 0. The van der Waals surface area contributed by atoms with Gasteiger partial charge in [0.05, 0.1) is 11.7 Å². The van der Waals surface area contributed by atoms with Gasteiger partial charge in [0.1, 0.15) is 0 Å². The van der Waals surface area contributed by atoms with E-state index in [1.807, 2.05) is 13.0 Å². The summed E-state index contributed by atoms with van der Waals surface area (Å²) in [6.07, 6.45) is 7.05. The Morgan fingerprint density at radius 2 is 2.25 bits per heavy atom. The highest BCUT2D eigenvalue weighted by atomic mass is 16.5. The molecule has 1 saturated carbocycles. The number of pyridine rings is 1. The number of hydrogen-bond donors (Lipinski definition) is 1. The fourth-order valence-corrected chi connectivity index (χ4v) is 2.29. The Morgan fingerprint density at radius 3 is 2.75 bits per heavy atom. The van der Waals surface area contributed by atoms with Crippen LogP contribution < -0.4 is 0 Å². The second kappa shape index (κ2) is 4.52. The van der Waals surface area contributed by atoms with E-state index in [2.05, 4.69) is 4.98 Å². The highest BCUT2D eigenvalue weighted by molar-refractivity contribution is 5.19. The van der Waals surface area contributed by atoms with E-state index in [0.717, 1.165) is 24.0 Å². The van der Waals surface area contributed by atoms with Crippen LogP contribution in [0.2, 0.25) is 0 Å². The standard InChI is InChI=1S/C13H19NO2/c1-10-6-11(9-14-8-10)12(15)7-13(16-2)4-3-5-13/h6,8-9,12,15H,3-5,7H2,1-2H3. The molecule has 0 aromatic carbocycles. The van der Waals surface area contributed by atoms with Gasteiger partial charge in [0.25, 0.3) is 0 Å². The zero-order valence-corrected chi connectivity index (χ0v) is 9.94. The molecule has 0 spiro atoms. The van der Waals surface area contributed by atoms with Crippen molar-refractivity contribution in [2.75, 3.05) is 7.11 Å². The van der Waals surface area contributed by atoms with Gasteiger partial charge in [-0.05, 0) is 37.3 Å². The summed E-state index contributed by atoms with van der Waals surface area (Å²) in [6, 6.07) is 1.99. The Balaban J connectivity index is 2.05. The summed E-state index contributed by atoms with van der Waals surface area (Å²) in [4.78, 5) is 4.10. The lowest BCUT2D eigenvalue weighted by molar-refractivity contribution is -0.0999. The number of aromatic nitrogens is 1. The van der Waals surface area contributed by atoms with E-state index < -0.39 is 6.10 Å². The first-order valence-electron chi connectivity index (χ1n) is 5.80. The number of aliphatic hydroxyl groups is 1. The Morgan fingerprint density at radius 1 is 1.50 bits per heavy atom. The van der Waals surface area contributed by atoms with Crippen molar-refractivity contribution >= 4 is 0 Å². The minimum absolute atomic E-state index is 0.0941. The van der Waals surface area contributed by atoms with Gasteiger partial charge < -0.3 is 9.84 Å². The molecule has 2 rings (SSSR count). The molecule has 0 saturated heterocycles. The van der Waals surface area contributed by atoms with Gasteiger partial charge in [0, 0.05) is 25.9 Å². The molecule has 16 heavy (non-hydrogen) atoms. The summed E-state index contributed by atoms with van der Waals surface area (Å²) in [5.41, 5.74) is 1.88. The van der Waals surface area contributed by atoms with E-state index in [-0.39, 0.29) is 5.60 Å². The molecule has 3 nitrogen and oxygen atoms in total. The van der Waals surface area contributed by atoms with Crippen LogP contribution in [-0.4, -0.2) is 22.8 Å². The molecule has 3 heteroatoms. The van der Waals surface area contributed by atoms with Crippen LogP contribution in [0.4, 0.5) is 0 Å². The first kappa shape index (κ1) is 11.6. The fourth-order valence-electron chi connectivity index (χ4n) is 2.29. The first-order chi connectivity index (χ1) is 7.65. The van der Waals surface area contributed by atoms with Crippen molar-refractivity contribution in [1.82, 2.24) is 4.98 Å². The van der Waals surface area contributed by atoms with E-state index in [9.17, 15) is 5.11 Å². The van der Waals surface area contributed by atoms with Gasteiger partial charge in [-0.25, -0.2) is 0 Å². The summed E-state index contributed by atoms with van der Waals surface area (Å²) in [5.74, 6) is 0. The molecule has 1 aromatic heterocycles. The van der Waals surface area contributed by atoms with E-state index in [1.54, 1.807) is 19.5 Å². The lowest BCUT2D eigenvalue weighted by atomic mass is 9.75. The van der Waals surface area contributed by atoms with Crippen LogP contribution in [-0.2, 0) is 4.74 Å². The topological polar surface area (TPSA) is 42.4 Å². The lowest BCUT2D eigenvalue weighted by Gasteiger charge is -2.41. The number of methoxy groups -OCH3 is 1. The predicted molar refractivity (Wildman–Crippen MR) is 62.1 cm³/mol. The van der Waals surface area contributed by atoms with Crippen LogP contribution in [0.1, 0.15) is 42.9 Å². The van der Waals surface area contributed by atoms with Crippen molar-refractivity contribution in [3.05, 3.63) is 29.6 Å². The Bertz CT molecular complexity index is 355. The molecule has 1 heterocycles. The summed E-state index contributed by atoms with van der Waals surface area (Å²) in [7, 11) is 1.74. The van der Waals surface area contributed by atoms with E-state index in [1.165, 1.54) is 6.42 Å². The highest BCUT2D eigenvalue weighted by Gasteiger charge is 2.39. The molecule has 1 aliphatic rings. The summed E-state index contributed by atoms with van der Waals surface area (Å²) in [6.45, 7) is 1.98. The van der Waals surface area contributed by atoms with Crippen molar-refractivity contribution < 1.29 is 9.84 Å². The maximum absolute atomic E-state index is 10.2. The normalized spacial score (nSPS) is 20.2. The Labute approximate surface area is 96.5 Å². The van der Waals surface area contributed by atoms with Gasteiger partial charge in [-0.2, -0.15) is 0 Å². The minimum Gasteiger partial charge on any atom is -0.388 e. The molecular weight excluding hydrogens is 202 g/mol. The quantitative estimate of drug-likeness (QED) is 0.848. The number of hydrogen-bond acceptors (Lipinski definition) is 3. The number of rotatable bonds is 4. The largest absolute Gasteiger partial charge is 0.388 e. The van der Waals surface area contributed by atoms with Crippen molar-refractivity contribution in [3.8, 4) is 0 Å². The van der Waals surface area contributed by atoms with Crippen LogP contribution in [0, 0.1) is 6.92 Å². The van der Waals surface area contributed by atoms with E-state index >= 15 is 0 Å². The molecule has 0 aliphatic heterocycles. The fraction of sp³-hybridized carbons (Fsp3) is 0.615. The molecule has 1 aromatic rings. The number of nitrogens with zero attached hydrogens (tertiary/aromatic N) is 1. The Hall–Kier alpha value is -0.930. The molecule has 1 aliphatic carbocycles. The average Bonchev–Trinajstić information content (AvgIpc) is 2.23. The molecular formula is C13H19NO2. The third-order valence-corrected chi connectivity index (χ3v) is 3.54. The maximum atomic E-state index is 10.2. The van der Waals surface area contributed by atoms with Gasteiger partial charge in [-0.15, -0.1) is 0 Å². The Kier molecular flexibility index (Phi) is 3.26. The number of ether oxygens (including phenoxy) is 1. The van der Waals surface area contributed by atoms with Gasteiger partial charge in [-0.1, -0.05) is 6.07 Å². The van der Waals surface area contributed by atoms with E-state index in [0.29, 0.717) is 6.42 Å². The zero-order chi connectivity index (χ0) is 11.6. The van der Waals surface area contributed by atoms with E-state index in [4.69, 9.17) is 4.74 Å². The van der Waals surface area contributed by atoms with Gasteiger partial charge in [-0.3, -0.25) is 4.98 Å². The third kappa shape index (κ3) is 2.25. The molecule has 1 N–H and O–H groups in total. The molecule has 1 fully saturated rings. The van der Waals surface area contributed by atoms with Gasteiger partial charge in [0.2, 0.25) is 0 Å². The van der Waals surface area contributed by atoms with Crippen LogP contribution in [0.25, 0.3) is 0 Å². The van der Waals surface area contributed by atoms with Gasteiger partial charge in [0.15, 0.2) is 0 Å². The van der Waals surface area contributed by atoms with Crippen molar-refractivity contribution in [3.63, 3.8) is 0 Å². The molecule has 88 valence electrons. The smallest absolute Gasteiger partial charge is 0.0832 e. The molecule has 1 unspecified atom stereocenters. The molecule has 0 amide bonds. The van der Waals surface area contributed by atoms with Crippen molar-refractivity contribution in [2.45, 2.75) is 44.3 Å². The second-order valence-electron chi connectivity index (χ2n) is 4.76. The highest BCUT2D eigenvalue weighted by Crippen LogP contribution is 2.41. The van der Waals surface area contributed by atoms with Crippen LogP contribution in [0.15, 0.2) is 18.5 Å². The van der Waals surface area contributed by atoms with Crippen molar-refractivity contribution in [1.29, 1.82) is 0 Å². The van der Waals surface area contributed by atoms with Crippen LogP contribution in [0.3, 0.4) is 0 Å². The maximum Gasteiger partial charge on any atom is 0.0832 e. The lowest BCUT2D eigenvalue weighted by Crippen LogP contribution is -2.40. The first-order valence-corrected chi connectivity index (χ1v) is 5.80. The van der Waals surface area contributed by atoms with Crippen molar-refractivity contribution in [2.24, 2.45) is 0 Å². The predicted octanol–water partition coefficient (Wildman–Crippen LogP) is 2.38. The second-order valence-corrected chi connectivity index (χ2v) is 4.76. The van der Waals surface area contributed by atoms with Crippen LogP contribution in [0.5, 0.6) is 0 Å². The average molecular weight is 221 g/mol. The third-order valence-electron chi connectivity index (χ3n) is 3.54. The van der Waals surface area contributed by atoms with Crippen LogP contribution >= 0.6 is 0 Å². The molecule has 0 radical (unpaired) electrons. The molecule has 0 bridgehead atoms. The monoisotopic (exact) mass is 221 g/mol. The zero-order valence-electron chi connectivity index (χ0n) is 9.94. The minimum atomic E-state index is -0.465. The summed E-state index contributed by atoms with van der Waals surface area (Å²) < 4.78 is 5.52. The van der Waals surface area contributed by atoms with Gasteiger partial charge >= 0.3 is 0 Å².